The second-order valence-electron chi connectivity index (χ2n) is 6.88. The molecule has 0 aliphatic carbocycles. The van der Waals surface area contributed by atoms with E-state index in [9.17, 15) is 4.79 Å². The summed E-state index contributed by atoms with van der Waals surface area (Å²) in [4.78, 5) is 18.4. The molecular formula is C19H27N5O. The quantitative estimate of drug-likeness (QED) is 0.798. The highest BCUT2D eigenvalue weighted by atomic mass is 16.1. The Hall–Kier alpha value is -2.21. The van der Waals surface area contributed by atoms with E-state index in [0.717, 1.165) is 45.6 Å². The van der Waals surface area contributed by atoms with Crippen molar-refractivity contribution in [3.05, 3.63) is 48.0 Å². The molecule has 1 fully saturated rings. The molecule has 0 spiro atoms. The summed E-state index contributed by atoms with van der Waals surface area (Å²) in [5.74, 6) is 0.695. The van der Waals surface area contributed by atoms with Gasteiger partial charge in [0.05, 0.1) is 0 Å². The lowest BCUT2D eigenvalue weighted by molar-refractivity contribution is -0.121. The smallest absolute Gasteiger partial charge is 0.220 e. The monoisotopic (exact) mass is 341 g/mol. The van der Waals surface area contributed by atoms with Crippen LogP contribution in [-0.2, 0) is 17.9 Å². The summed E-state index contributed by atoms with van der Waals surface area (Å²) < 4.78 is 1.76. The molecule has 1 amide bonds. The number of rotatable bonds is 8. The molecule has 1 saturated heterocycles. The van der Waals surface area contributed by atoms with E-state index in [1.807, 2.05) is 0 Å². The zero-order valence-corrected chi connectivity index (χ0v) is 14.9. The molecule has 25 heavy (non-hydrogen) atoms. The fourth-order valence-corrected chi connectivity index (χ4v) is 3.35. The molecule has 1 aromatic heterocycles. The first-order valence-corrected chi connectivity index (χ1v) is 9.06. The van der Waals surface area contributed by atoms with E-state index in [-0.39, 0.29) is 5.91 Å². The molecular weight excluding hydrogens is 314 g/mol. The number of benzene rings is 1. The van der Waals surface area contributed by atoms with E-state index >= 15 is 0 Å². The molecule has 6 heteroatoms. The van der Waals surface area contributed by atoms with E-state index in [1.54, 1.807) is 11.0 Å². The Kier molecular flexibility index (Phi) is 6.17. The topological polar surface area (TPSA) is 63.1 Å². The Labute approximate surface area is 149 Å². The van der Waals surface area contributed by atoms with Gasteiger partial charge in [-0.1, -0.05) is 24.3 Å². The first-order valence-electron chi connectivity index (χ1n) is 9.06. The fraction of sp³-hybridized carbons (Fsp3) is 0.526. The molecule has 1 aliphatic rings. The second kappa shape index (κ2) is 8.76. The van der Waals surface area contributed by atoms with Gasteiger partial charge in [0.1, 0.15) is 12.7 Å². The third-order valence-corrected chi connectivity index (χ3v) is 4.87. The number of carbonyl (C=O) groups is 1. The number of amides is 1. The van der Waals surface area contributed by atoms with Crippen LogP contribution in [0.15, 0.2) is 36.9 Å². The summed E-state index contributed by atoms with van der Waals surface area (Å²) in [6.45, 7) is 6.87. The predicted molar refractivity (Wildman–Crippen MR) is 96.8 cm³/mol. The van der Waals surface area contributed by atoms with Crippen molar-refractivity contribution in [2.45, 2.75) is 39.3 Å². The van der Waals surface area contributed by atoms with Crippen molar-refractivity contribution in [1.29, 1.82) is 0 Å². The van der Waals surface area contributed by atoms with Crippen LogP contribution in [0.1, 0.15) is 30.4 Å². The summed E-state index contributed by atoms with van der Waals surface area (Å²) in [5, 5.41) is 7.13. The zero-order chi connectivity index (χ0) is 17.5. The molecule has 0 radical (unpaired) electrons. The van der Waals surface area contributed by atoms with Gasteiger partial charge in [0.25, 0.3) is 0 Å². The summed E-state index contributed by atoms with van der Waals surface area (Å²) in [6, 6.07) is 8.57. The summed E-state index contributed by atoms with van der Waals surface area (Å²) in [7, 11) is 0. The Morgan fingerprint density at radius 3 is 3.04 bits per heavy atom. The van der Waals surface area contributed by atoms with Crippen molar-refractivity contribution in [2.24, 2.45) is 5.92 Å². The molecule has 0 bridgehead atoms. The third-order valence-electron chi connectivity index (χ3n) is 4.87. The molecule has 3 rings (SSSR count). The van der Waals surface area contributed by atoms with Gasteiger partial charge in [0.15, 0.2) is 0 Å². The minimum atomic E-state index is 0.137. The van der Waals surface area contributed by atoms with Gasteiger partial charge >= 0.3 is 0 Å². The molecule has 1 aliphatic heterocycles. The number of aryl methyl sites for hydroxylation is 2. The van der Waals surface area contributed by atoms with Crippen molar-refractivity contribution in [3.63, 3.8) is 0 Å². The van der Waals surface area contributed by atoms with Gasteiger partial charge in [0.2, 0.25) is 5.91 Å². The van der Waals surface area contributed by atoms with E-state index < -0.39 is 0 Å². The Balaban J connectivity index is 1.33. The highest BCUT2D eigenvalue weighted by molar-refractivity contribution is 5.75. The van der Waals surface area contributed by atoms with Gasteiger partial charge in [-0.05, 0) is 43.4 Å². The van der Waals surface area contributed by atoms with E-state index in [1.165, 1.54) is 17.5 Å². The van der Waals surface area contributed by atoms with Crippen LogP contribution < -0.4 is 5.32 Å². The molecule has 134 valence electrons. The largest absolute Gasteiger partial charge is 0.356 e. The molecule has 2 heterocycles. The Bertz CT molecular complexity index is 670. The molecule has 1 aromatic carbocycles. The SMILES string of the molecule is Cc1ccccc1CN1CCC(CNC(=O)CCCn2cncn2)C1. The number of nitrogens with one attached hydrogen (secondary N) is 1. The molecule has 1 N–H and O–H groups in total. The number of aromatic nitrogens is 3. The molecule has 1 atom stereocenters. The van der Waals surface area contributed by atoms with Crippen molar-refractivity contribution in [3.8, 4) is 0 Å². The van der Waals surface area contributed by atoms with E-state index in [4.69, 9.17) is 0 Å². The Morgan fingerprint density at radius 1 is 1.36 bits per heavy atom. The lowest BCUT2D eigenvalue weighted by Gasteiger charge is -2.17. The summed E-state index contributed by atoms with van der Waals surface area (Å²) in [5.41, 5.74) is 2.76. The first kappa shape index (κ1) is 17.6. The number of hydrogen-bond acceptors (Lipinski definition) is 4. The number of likely N-dealkylation sites (tertiary alicyclic amines) is 1. The van der Waals surface area contributed by atoms with Gasteiger partial charge in [-0.3, -0.25) is 14.4 Å². The van der Waals surface area contributed by atoms with Crippen LogP contribution in [0.2, 0.25) is 0 Å². The van der Waals surface area contributed by atoms with Gasteiger partial charge < -0.3 is 5.32 Å². The van der Waals surface area contributed by atoms with Crippen LogP contribution in [0.25, 0.3) is 0 Å². The Morgan fingerprint density at radius 2 is 2.24 bits per heavy atom. The number of nitrogens with zero attached hydrogens (tertiary/aromatic N) is 4. The maximum atomic E-state index is 12.0. The minimum absolute atomic E-state index is 0.137. The average Bonchev–Trinajstić information content (AvgIpc) is 3.27. The van der Waals surface area contributed by atoms with E-state index in [0.29, 0.717) is 12.3 Å². The van der Waals surface area contributed by atoms with Crippen LogP contribution in [0.5, 0.6) is 0 Å². The van der Waals surface area contributed by atoms with Crippen LogP contribution in [0, 0.1) is 12.8 Å². The van der Waals surface area contributed by atoms with Crippen LogP contribution in [-0.4, -0.2) is 45.2 Å². The van der Waals surface area contributed by atoms with Crippen LogP contribution in [0.4, 0.5) is 0 Å². The highest BCUT2D eigenvalue weighted by Crippen LogP contribution is 2.19. The van der Waals surface area contributed by atoms with Gasteiger partial charge in [0, 0.05) is 32.6 Å². The lowest BCUT2D eigenvalue weighted by Crippen LogP contribution is -2.31. The van der Waals surface area contributed by atoms with Crippen LogP contribution in [0.3, 0.4) is 0 Å². The van der Waals surface area contributed by atoms with E-state index in [2.05, 4.69) is 51.5 Å². The second-order valence-corrected chi connectivity index (χ2v) is 6.88. The first-order chi connectivity index (χ1) is 12.2. The summed E-state index contributed by atoms with van der Waals surface area (Å²) in [6.07, 6.45) is 5.69. The summed E-state index contributed by atoms with van der Waals surface area (Å²) >= 11 is 0. The molecule has 2 aromatic rings. The van der Waals surface area contributed by atoms with Crippen molar-refractivity contribution in [2.75, 3.05) is 19.6 Å². The fourth-order valence-electron chi connectivity index (χ4n) is 3.35. The number of carbonyl (C=O) groups excluding carboxylic acids is 1. The van der Waals surface area contributed by atoms with Gasteiger partial charge in [-0.15, -0.1) is 0 Å². The molecule has 1 unspecified atom stereocenters. The zero-order valence-electron chi connectivity index (χ0n) is 14.9. The lowest BCUT2D eigenvalue weighted by atomic mass is 10.1. The van der Waals surface area contributed by atoms with Crippen molar-refractivity contribution >= 4 is 5.91 Å². The standard InChI is InChI=1S/C19H27N5O/c1-16-5-2-3-6-18(16)13-23-10-8-17(12-23)11-21-19(25)7-4-9-24-15-20-14-22-24/h2-3,5-6,14-15,17H,4,7-13H2,1H3,(H,21,25). The number of hydrogen-bond donors (Lipinski definition) is 1. The molecule has 6 nitrogen and oxygen atoms in total. The van der Waals surface area contributed by atoms with Crippen LogP contribution >= 0.6 is 0 Å². The maximum Gasteiger partial charge on any atom is 0.220 e. The predicted octanol–water partition coefficient (Wildman–Crippen LogP) is 2.01. The van der Waals surface area contributed by atoms with Crippen molar-refractivity contribution < 1.29 is 4.79 Å². The average molecular weight is 341 g/mol. The highest BCUT2D eigenvalue weighted by Gasteiger charge is 2.23. The van der Waals surface area contributed by atoms with Crippen molar-refractivity contribution in [1.82, 2.24) is 25.0 Å². The van der Waals surface area contributed by atoms with Gasteiger partial charge in [-0.2, -0.15) is 5.10 Å². The molecule has 0 saturated carbocycles. The minimum Gasteiger partial charge on any atom is -0.356 e. The normalized spacial score (nSPS) is 17.7. The maximum absolute atomic E-state index is 12.0. The van der Waals surface area contributed by atoms with Gasteiger partial charge in [-0.25, -0.2) is 4.98 Å². The third kappa shape index (κ3) is 5.39.